The number of ketones is 1. The van der Waals surface area contributed by atoms with E-state index in [0.29, 0.717) is 5.78 Å². The fourth-order valence-electron chi connectivity index (χ4n) is 4.75. The van der Waals surface area contributed by atoms with E-state index in [0.717, 1.165) is 6.42 Å². The Hall–Kier alpha value is -1.67. The Morgan fingerprint density at radius 2 is 1.29 bits per heavy atom. The van der Waals surface area contributed by atoms with Crippen LogP contribution in [-0.4, -0.2) is 13.9 Å². The van der Waals surface area contributed by atoms with Crippen molar-refractivity contribution in [2.45, 2.75) is 51.6 Å². The minimum Gasteiger partial charge on any atom is -0.299 e. The minimum atomic E-state index is -2.27. The van der Waals surface area contributed by atoms with Gasteiger partial charge in [0.1, 0.15) is 13.9 Å². The van der Waals surface area contributed by atoms with Crippen LogP contribution < -0.4 is 10.4 Å². The topological polar surface area (TPSA) is 17.1 Å². The Labute approximate surface area is 147 Å². The van der Waals surface area contributed by atoms with Gasteiger partial charge in [-0.05, 0) is 11.5 Å². The molecule has 0 saturated heterocycles. The van der Waals surface area contributed by atoms with E-state index in [4.69, 9.17) is 0 Å². The second kappa shape index (κ2) is 5.70. The van der Waals surface area contributed by atoms with Gasteiger partial charge in [-0.15, -0.1) is 0 Å². The van der Waals surface area contributed by atoms with Crippen LogP contribution in [0.4, 0.5) is 0 Å². The molecule has 1 nitrogen and oxygen atoms in total. The van der Waals surface area contributed by atoms with E-state index in [2.05, 4.69) is 95.3 Å². The van der Waals surface area contributed by atoms with E-state index in [-0.39, 0.29) is 16.0 Å². The highest BCUT2D eigenvalue weighted by atomic mass is 28.3. The van der Waals surface area contributed by atoms with Gasteiger partial charge in [0.05, 0.1) is 0 Å². The summed E-state index contributed by atoms with van der Waals surface area (Å²) in [6, 6.07) is 21.7. The van der Waals surface area contributed by atoms with Gasteiger partial charge in [-0.3, -0.25) is 4.79 Å². The number of hydrogen-bond donors (Lipinski definition) is 0. The van der Waals surface area contributed by atoms with Crippen molar-refractivity contribution in [2.75, 3.05) is 0 Å². The molecule has 2 heteroatoms. The van der Waals surface area contributed by atoms with Crippen molar-refractivity contribution in [3.05, 3.63) is 60.7 Å². The molecule has 0 N–H and O–H groups in total. The van der Waals surface area contributed by atoms with Gasteiger partial charge in [-0.1, -0.05) is 106 Å². The van der Waals surface area contributed by atoms with Crippen LogP contribution in [0.3, 0.4) is 0 Å². The van der Waals surface area contributed by atoms with Gasteiger partial charge in [-0.2, -0.15) is 0 Å². The highest BCUT2D eigenvalue weighted by molar-refractivity contribution is 7.07. The van der Waals surface area contributed by atoms with E-state index in [1.807, 2.05) is 0 Å². The molecule has 1 atom stereocenters. The Morgan fingerprint density at radius 3 is 1.58 bits per heavy atom. The van der Waals surface area contributed by atoms with Crippen molar-refractivity contribution < 1.29 is 4.79 Å². The van der Waals surface area contributed by atoms with Crippen LogP contribution in [0.2, 0.25) is 10.6 Å². The van der Waals surface area contributed by atoms with E-state index in [1.165, 1.54) is 10.4 Å². The summed E-state index contributed by atoms with van der Waals surface area (Å²) in [6.07, 6.45) is 0.999. The summed E-state index contributed by atoms with van der Waals surface area (Å²) in [7, 11) is -2.27. The molecular formula is C22H28OSi. The van der Waals surface area contributed by atoms with Crippen LogP contribution in [0.25, 0.3) is 0 Å². The molecule has 24 heavy (non-hydrogen) atoms. The zero-order valence-electron chi connectivity index (χ0n) is 15.5. The van der Waals surface area contributed by atoms with Crippen molar-refractivity contribution in [3.63, 3.8) is 0 Å². The second-order valence-corrected chi connectivity index (χ2v) is 13.8. The molecule has 0 amide bonds. The maximum Gasteiger partial charge on any atom is 0.139 e. The number of hydrogen-bond acceptors (Lipinski definition) is 1. The number of carbonyl (C=O) groups excluding carboxylic acids is 1. The molecule has 0 aromatic heterocycles. The molecule has 1 aliphatic rings. The van der Waals surface area contributed by atoms with Crippen LogP contribution in [0.15, 0.2) is 60.7 Å². The summed E-state index contributed by atoms with van der Waals surface area (Å²) in [6.45, 7) is 11.2. The molecule has 1 aliphatic carbocycles. The Bertz CT molecular complexity index is 686. The fraction of sp³-hybridized carbons (Fsp3) is 0.409. The van der Waals surface area contributed by atoms with Gasteiger partial charge in [-0.25, -0.2) is 0 Å². The second-order valence-electron chi connectivity index (χ2n) is 8.79. The SMILES string of the molecule is CC1(C)CC([Si](c2ccccc2)(c2ccccc2)C(C)(C)C)C1=O. The predicted molar refractivity (Wildman–Crippen MR) is 105 cm³/mol. The summed E-state index contributed by atoms with van der Waals surface area (Å²) in [5.41, 5.74) is -0.00475. The molecule has 0 aliphatic heterocycles. The first-order valence-electron chi connectivity index (χ1n) is 8.86. The average Bonchev–Trinajstić information content (AvgIpc) is 2.55. The summed E-state index contributed by atoms with van der Waals surface area (Å²) in [4.78, 5) is 13.2. The van der Waals surface area contributed by atoms with Crippen molar-refractivity contribution >= 4 is 24.2 Å². The molecule has 1 unspecified atom stereocenters. The van der Waals surface area contributed by atoms with Crippen LogP contribution in [0, 0.1) is 5.41 Å². The standard InChI is InChI=1S/C22H28OSi/c1-21(2,3)24(17-12-8-6-9-13-17,18-14-10-7-11-15-18)19-16-22(4,5)20(19)23/h6-15,19H,16H2,1-5H3. The molecule has 2 aromatic carbocycles. The summed E-state index contributed by atoms with van der Waals surface area (Å²) in [5, 5.41) is 2.84. The molecule has 2 aromatic rings. The van der Waals surface area contributed by atoms with Crippen LogP contribution in [-0.2, 0) is 4.79 Å². The average molecular weight is 337 g/mol. The lowest BCUT2D eigenvalue weighted by atomic mass is 9.70. The van der Waals surface area contributed by atoms with Gasteiger partial charge in [0.15, 0.2) is 0 Å². The lowest BCUT2D eigenvalue weighted by Gasteiger charge is -2.56. The highest BCUT2D eigenvalue weighted by Crippen LogP contribution is 2.56. The third-order valence-electron chi connectivity index (χ3n) is 5.86. The first-order chi connectivity index (χ1) is 11.2. The molecule has 126 valence electrons. The van der Waals surface area contributed by atoms with Crippen LogP contribution in [0.1, 0.15) is 41.0 Å². The Morgan fingerprint density at radius 1 is 0.875 bits per heavy atom. The van der Waals surface area contributed by atoms with Gasteiger partial charge < -0.3 is 0 Å². The quantitative estimate of drug-likeness (QED) is 0.758. The van der Waals surface area contributed by atoms with Crippen LogP contribution >= 0.6 is 0 Å². The van der Waals surface area contributed by atoms with Gasteiger partial charge in [0, 0.05) is 11.0 Å². The van der Waals surface area contributed by atoms with E-state index in [1.54, 1.807) is 0 Å². The monoisotopic (exact) mass is 336 g/mol. The minimum absolute atomic E-state index is 0.0620. The summed E-state index contributed by atoms with van der Waals surface area (Å²) in [5.74, 6) is 0.455. The molecule has 0 heterocycles. The molecule has 0 radical (unpaired) electrons. The van der Waals surface area contributed by atoms with Gasteiger partial charge in [0.2, 0.25) is 0 Å². The molecule has 0 spiro atoms. The first kappa shape index (κ1) is 17.2. The third kappa shape index (κ3) is 2.39. The van der Waals surface area contributed by atoms with Crippen molar-refractivity contribution in [3.8, 4) is 0 Å². The maximum atomic E-state index is 13.2. The van der Waals surface area contributed by atoms with Crippen LogP contribution in [0.5, 0.6) is 0 Å². The van der Waals surface area contributed by atoms with Gasteiger partial charge in [0.25, 0.3) is 0 Å². The fourth-order valence-corrected chi connectivity index (χ4v) is 11.7. The van der Waals surface area contributed by atoms with Crippen molar-refractivity contribution in [1.29, 1.82) is 0 Å². The van der Waals surface area contributed by atoms with Crippen molar-refractivity contribution in [1.82, 2.24) is 0 Å². The smallest absolute Gasteiger partial charge is 0.139 e. The molecule has 1 fully saturated rings. The third-order valence-corrected chi connectivity index (χ3v) is 12.2. The lowest BCUT2D eigenvalue weighted by molar-refractivity contribution is -0.135. The number of benzene rings is 2. The zero-order valence-corrected chi connectivity index (χ0v) is 16.5. The molecule has 3 rings (SSSR count). The van der Waals surface area contributed by atoms with Crippen molar-refractivity contribution in [2.24, 2.45) is 5.41 Å². The molecule has 1 saturated carbocycles. The lowest BCUT2D eigenvalue weighted by Crippen LogP contribution is -2.72. The zero-order chi connectivity index (χ0) is 17.6. The first-order valence-corrected chi connectivity index (χ1v) is 10.9. The number of Topliss-reactive ketones (excluding diaryl/α,β-unsaturated/α-hetero) is 1. The highest BCUT2D eigenvalue weighted by Gasteiger charge is 2.63. The van der Waals surface area contributed by atoms with E-state index < -0.39 is 8.07 Å². The number of carbonyl (C=O) groups is 1. The summed E-state index contributed by atoms with van der Waals surface area (Å²) < 4.78 is 0. The summed E-state index contributed by atoms with van der Waals surface area (Å²) >= 11 is 0. The van der Waals surface area contributed by atoms with E-state index >= 15 is 0 Å². The number of rotatable bonds is 3. The largest absolute Gasteiger partial charge is 0.299 e. The molecule has 0 bridgehead atoms. The predicted octanol–water partition coefficient (Wildman–Crippen LogP) is 4.42. The van der Waals surface area contributed by atoms with Gasteiger partial charge >= 0.3 is 0 Å². The Kier molecular flexibility index (Phi) is 4.07. The normalized spacial score (nSPS) is 20.5. The van der Waals surface area contributed by atoms with E-state index in [9.17, 15) is 4.79 Å². The Balaban J connectivity index is 2.29. The molecular weight excluding hydrogens is 308 g/mol. The maximum absolute atomic E-state index is 13.2.